The van der Waals surface area contributed by atoms with Gasteiger partial charge in [0.25, 0.3) is 0 Å². The molecule has 364 valence electrons. The van der Waals surface area contributed by atoms with Crippen molar-refractivity contribution in [2.75, 3.05) is 62.5 Å². The van der Waals surface area contributed by atoms with E-state index in [1.165, 1.54) is 52.0 Å². The Morgan fingerprint density at radius 2 is 0.986 bits per heavy atom. The summed E-state index contributed by atoms with van der Waals surface area (Å²) >= 11 is 26.0. The number of methoxy groups -OCH3 is 4. The lowest BCUT2D eigenvalue weighted by Crippen LogP contribution is -2.04. The standard InChI is InChI=1S/C21H18Cl2N8O4.C21H20Cl2N8O2.CH4O/c1-30-10-27-20(31(32)33)21(30)28-15-7-12(25-9-26-15)11-5-4-6-24-19(11)29-18-16(22)13(34-2)8-14(35-3)17(18)23;1-31-10-28-19(24)21(31)29-15-7-12(26-9-27-15)11-5-4-6-25-20(11)30-18-16(22)13(32-2)8-14(33-3)17(18)23;1-2/h4-10H,1-3H3,(H,24,29)(H,25,26,28);4-10H,24H2,1-3H3,(H,25,30)(H,26,27,29);2H,1H3. The average molecular weight is 1040 g/mol. The number of aliphatic hydroxyl groups excluding tert-OH is 1. The minimum Gasteiger partial charge on any atom is -0.495 e. The molecule has 0 fully saturated rings. The molecule has 27 heteroatoms. The van der Waals surface area contributed by atoms with Crippen molar-refractivity contribution in [2.45, 2.75) is 0 Å². The molecule has 7 N–H and O–H groups in total. The lowest BCUT2D eigenvalue weighted by Gasteiger charge is -2.17. The number of anilines is 9. The number of rotatable bonds is 15. The van der Waals surface area contributed by atoms with Crippen molar-refractivity contribution in [3.63, 3.8) is 0 Å². The maximum Gasteiger partial charge on any atom is 0.406 e. The number of nitrogens with two attached hydrogens (primary N) is 1. The maximum atomic E-state index is 11.3. The van der Waals surface area contributed by atoms with E-state index in [0.717, 1.165) is 7.11 Å². The van der Waals surface area contributed by atoms with Crippen molar-refractivity contribution >= 4 is 104 Å². The van der Waals surface area contributed by atoms with Gasteiger partial charge in [0.1, 0.15) is 79.0 Å². The van der Waals surface area contributed by atoms with Gasteiger partial charge in [-0.05, 0) is 34.2 Å². The van der Waals surface area contributed by atoms with E-state index in [1.54, 1.807) is 72.8 Å². The summed E-state index contributed by atoms with van der Waals surface area (Å²) in [6.45, 7) is 0. The predicted molar refractivity (Wildman–Crippen MR) is 268 cm³/mol. The van der Waals surface area contributed by atoms with Crippen molar-refractivity contribution in [1.82, 2.24) is 49.0 Å². The fraction of sp³-hybridized carbons (Fsp3) is 0.163. The Morgan fingerprint density at radius 3 is 1.37 bits per heavy atom. The van der Waals surface area contributed by atoms with Gasteiger partial charge in [0, 0.05) is 69.0 Å². The monoisotopic (exact) mass is 1030 g/mol. The molecule has 70 heavy (non-hydrogen) atoms. The van der Waals surface area contributed by atoms with Crippen molar-refractivity contribution in [1.29, 1.82) is 0 Å². The van der Waals surface area contributed by atoms with Gasteiger partial charge < -0.3 is 65.7 Å². The van der Waals surface area contributed by atoms with Gasteiger partial charge in [0.05, 0.1) is 57.5 Å². The van der Waals surface area contributed by atoms with Crippen molar-refractivity contribution < 1.29 is 29.0 Å². The highest BCUT2D eigenvalue weighted by Gasteiger charge is 2.23. The number of aromatic nitrogens is 10. The summed E-state index contributed by atoms with van der Waals surface area (Å²) in [5.41, 5.74) is 9.01. The molecule has 0 saturated heterocycles. The third kappa shape index (κ3) is 11.3. The molecule has 0 radical (unpaired) electrons. The summed E-state index contributed by atoms with van der Waals surface area (Å²) in [5, 5.41) is 31.7. The second-order valence-corrected chi connectivity index (χ2v) is 15.3. The topological polar surface area (TPSA) is 287 Å². The number of hydrogen-bond acceptors (Lipinski definition) is 20. The van der Waals surface area contributed by atoms with Crippen LogP contribution < -0.4 is 45.9 Å². The summed E-state index contributed by atoms with van der Waals surface area (Å²) < 4.78 is 24.6. The summed E-state index contributed by atoms with van der Waals surface area (Å²) in [4.78, 5) is 44.6. The lowest BCUT2D eigenvalue weighted by atomic mass is 10.1. The Morgan fingerprint density at radius 1 is 0.586 bits per heavy atom. The number of halogens is 4. The van der Waals surface area contributed by atoms with Crippen LogP contribution in [0.1, 0.15) is 0 Å². The SMILES string of the molecule is CO.COc1cc(OC)c(Cl)c(Nc2ncccc2-c2cc(Nc3c(N)ncn3C)ncn2)c1Cl.COc1cc(OC)c(Cl)c(Nc2ncccc2-c2cc(Nc3c([N+](=O)[O-])ncn3C)ncn2)c1Cl. The quantitative estimate of drug-likeness (QED) is 0.0412. The zero-order valence-electron chi connectivity index (χ0n) is 38.0. The fourth-order valence-electron chi connectivity index (χ4n) is 6.34. The van der Waals surface area contributed by atoms with Crippen LogP contribution in [0.5, 0.6) is 23.0 Å². The van der Waals surface area contributed by atoms with E-state index >= 15 is 0 Å². The molecule has 0 atom stereocenters. The Labute approximate surface area is 419 Å². The number of nitro groups is 1. The third-order valence-corrected chi connectivity index (χ3v) is 11.2. The normalized spacial score (nSPS) is 10.5. The number of aliphatic hydroxyl groups is 1. The highest BCUT2D eigenvalue weighted by molar-refractivity contribution is 6.42. The first-order valence-electron chi connectivity index (χ1n) is 20.0. The Bertz CT molecular complexity index is 3070. The maximum absolute atomic E-state index is 11.3. The number of ether oxygens (including phenoxy) is 4. The van der Waals surface area contributed by atoms with Crippen LogP contribution >= 0.6 is 46.4 Å². The molecule has 0 aliphatic carbocycles. The molecule has 6 aromatic heterocycles. The van der Waals surface area contributed by atoms with E-state index < -0.39 is 4.92 Å². The zero-order chi connectivity index (χ0) is 50.6. The third-order valence-electron chi connectivity index (χ3n) is 9.68. The van der Waals surface area contributed by atoms with Crippen molar-refractivity contribution in [3.8, 4) is 45.5 Å². The van der Waals surface area contributed by atoms with E-state index in [-0.39, 0.29) is 31.7 Å². The first-order chi connectivity index (χ1) is 33.8. The van der Waals surface area contributed by atoms with Gasteiger partial charge >= 0.3 is 5.82 Å². The van der Waals surface area contributed by atoms with Gasteiger partial charge in [-0.25, -0.2) is 34.9 Å². The summed E-state index contributed by atoms with van der Waals surface area (Å²) in [6.07, 6.45) is 8.94. The first kappa shape index (κ1) is 51.4. The molecule has 8 rings (SSSR count). The number of nitrogens with zero attached hydrogens (tertiary/aromatic N) is 11. The van der Waals surface area contributed by atoms with Crippen LogP contribution in [0.3, 0.4) is 0 Å². The number of nitrogen functional groups attached to an aromatic ring is 1. The van der Waals surface area contributed by atoms with Gasteiger partial charge in [-0.15, -0.1) is 0 Å². The highest BCUT2D eigenvalue weighted by atomic mass is 35.5. The molecule has 8 aromatic rings. The Kier molecular flexibility index (Phi) is 17.2. The first-order valence-corrected chi connectivity index (χ1v) is 21.5. The summed E-state index contributed by atoms with van der Waals surface area (Å²) in [7, 11) is 10.4. The van der Waals surface area contributed by atoms with Crippen molar-refractivity contribution in [3.05, 3.63) is 116 Å². The second kappa shape index (κ2) is 23.4. The molecule has 0 spiro atoms. The van der Waals surface area contributed by atoms with E-state index in [2.05, 4.69) is 61.1 Å². The second-order valence-electron chi connectivity index (χ2n) is 13.8. The zero-order valence-corrected chi connectivity index (χ0v) is 41.0. The average Bonchev–Trinajstić information content (AvgIpc) is 3.91. The smallest absolute Gasteiger partial charge is 0.406 e. The van der Waals surface area contributed by atoms with Crippen LogP contribution in [0.2, 0.25) is 20.1 Å². The van der Waals surface area contributed by atoms with Crippen LogP contribution in [0, 0.1) is 10.1 Å². The van der Waals surface area contributed by atoms with Crippen LogP contribution in [0.4, 0.5) is 57.9 Å². The largest absolute Gasteiger partial charge is 0.495 e. The predicted octanol–water partition coefficient (Wildman–Crippen LogP) is 9.27. The minimum absolute atomic E-state index is 0.172. The van der Waals surface area contributed by atoms with Gasteiger partial charge in [0.2, 0.25) is 12.1 Å². The summed E-state index contributed by atoms with van der Waals surface area (Å²) in [5.74, 6) is 4.06. The molecule has 6 heterocycles. The Hall–Kier alpha value is -7.96. The Balaban J connectivity index is 0.000000222. The number of pyridine rings is 2. The molecule has 0 bridgehead atoms. The van der Waals surface area contributed by atoms with E-state index in [9.17, 15) is 10.1 Å². The van der Waals surface area contributed by atoms with Crippen LogP contribution in [0.25, 0.3) is 22.5 Å². The van der Waals surface area contributed by atoms with Crippen LogP contribution in [-0.4, -0.2) is 94.6 Å². The number of hydrogen-bond donors (Lipinski definition) is 6. The van der Waals surface area contributed by atoms with Gasteiger partial charge in [-0.1, -0.05) is 46.4 Å². The molecule has 0 saturated carbocycles. The fourth-order valence-corrected chi connectivity index (χ4v) is 7.53. The van der Waals surface area contributed by atoms with Crippen molar-refractivity contribution in [2.24, 2.45) is 14.1 Å². The van der Waals surface area contributed by atoms with E-state index in [1.807, 2.05) is 13.1 Å². The molecule has 0 unspecified atom stereocenters. The van der Waals surface area contributed by atoms with Gasteiger partial charge in [0.15, 0.2) is 11.6 Å². The molecular formula is C43H42Cl4N16O7. The number of aryl methyl sites for hydroxylation is 2. The number of imidazole rings is 2. The highest BCUT2D eigenvalue weighted by Crippen LogP contribution is 2.47. The van der Waals surface area contributed by atoms with Crippen LogP contribution in [-0.2, 0) is 14.1 Å². The summed E-state index contributed by atoms with van der Waals surface area (Å²) in [6, 6.07) is 13.8. The van der Waals surface area contributed by atoms with E-state index in [4.69, 9.17) is 76.2 Å². The minimum atomic E-state index is -0.580. The molecule has 0 aliphatic rings. The van der Waals surface area contributed by atoms with Gasteiger partial charge in [-0.2, -0.15) is 0 Å². The molecule has 0 aliphatic heterocycles. The number of benzene rings is 2. The lowest BCUT2D eigenvalue weighted by molar-refractivity contribution is -0.388. The van der Waals surface area contributed by atoms with E-state index in [0.29, 0.717) is 91.8 Å². The molecule has 0 amide bonds. The number of nitrogens with one attached hydrogen (secondary N) is 4. The van der Waals surface area contributed by atoms with Crippen LogP contribution in [0.15, 0.2) is 86.2 Å². The molecular weight excluding hydrogens is 994 g/mol. The van der Waals surface area contributed by atoms with Gasteiger partial charge in [-0.3, -0.25) is 4.57 Å². The molecule has 23 nitrogen and oxygen atoms in total. The molecule has 2 aromatic carbocycles.